The van der Waals surface area contributed by atoms with Gasteiger partial charge in [-0.1, -0.05) is 12.5 Å². The first-order chi connectivity index (χ1) is 18.0. The number of ether oxygens (including phenoxy) is 2. The van der Waals surface area contributed by atoms with E-state index < -0.39 is 6.36 Å². The zero-order chi connectivity index (χ0) is 25.9. The molecule has 1 N–H and O–H groups in total. The van der Waals surface area contributed by atoms with E-state index in [1.807, 2.05) is 10.6 Å². The van der Waals surface area contributed by atoms with Crippen LogP contribution in [-0.2, 0) is 0 Å². The maximum absolute atomic E-state index is 14.6. The number of halogens is 1. The number of carbonyl (C=O) groups excluding carboxylic acids is 1. The van der Waals surface area contributed by atoms with Gasteiger partial charge in [0.05, 0.1) is 19.0 Å². The van der Waals surface area contributed by atoms with E-state index in [1.165, 1.54) is 38.0 Å². The number of nitrogens with zero attached hydrogens (tertiary/aromatic N) is 3. The van der Waals surface area contributed by atoms with Crippen LogP contribution in [-0.4, -0.2) is 52.8 Å². The molecule has 0 spiro atoms. The smallest absolute Gasteiger partial charge is 0.259 e. The van der Waals surface area contributed by atoms with Crippen LogP contribution in [0.1, 0.15) is 67.4 Å². The lowest BCUT2D eigenvalue weighted by atomic mass is 10.0. The minimum absolute atomic E-state index is 0.00379. The van der Waals surface area contributed by atoms with Crippen LogP contribution in [0.15, 0.2) is 49.3 Å². The predicted octanol–water partition coefficient (Wildman–Crippen LogP) is 5.70. The van der Waals surface area contributed by atoms with Crippen LogP contribution in [0.3, 0.4) is 0 Å². The highest BCUT2D eigenvalue weighted by Crippen LogP contribution is 2.37. The summed E-state index contributed by atoms with van der Waals surface area (Å²) in [5.41, 5.74) is 3.75. The number of carbonyl (C=O) groups is 1. The highest BCUT2D eigenvalue weighted by atomic mass is 19.1. The molecule has 37 heavy (non-hydrogen) atoms. The van der Waals surface area contributed by atoms with Gasteiger partial charge in [-0.3, -0.25) is 14.1 Å². The summed E-state index contributed by atoms with van der Waals surface area (Å²) in [6.07, 6.45) is 9.28. The van der Waals surface area contributed by atoms with Crippen LogP contribution in [0, 0.1) is 0 Å². The summed E-state index contributed by atoms with van der Waals surface area (Å²) in [5.74, 6) is 0.120. The molecule has 8 heteroatoms. The molecule has 3 heterocycles. The standard InChI is InChI=1S/C29H35FN4O3/c1-4-8-26(30)37-25-16-21(15-24(36-3)28(25)29(35)32-22-9-10-22)23-18-31-27-17-20(11-14-34(23)27)19(2)33-12-6-5-7-13-33/h4,11,14-19,22,26H,1,5-10,12-13H2,2-3H3,(H,32,35). The number of nitrogens with one attached hydrogen (secondary N) is 1. The number of hydrogen-bond acceptors (Lipinski definition) is 5. The van der Waals surface area contributed by atoms with Crippen molar-refractivity contribution in [1.29, 1.82) is 0 Å². The molecule has 3 aromatic rings. The first kappa shape index (κ1) is 25.3. The lowest BCUT2D eigenvalue weighted by molar-refractivity contribution is 0.0681. The molecule has 2 aliphatic rings. The first-order valence-electron chi connectivity index (χ1n) is 13.1. The number of amides is 1. The average molecular weight is 507 g/mol. The molecule has 1 aliphatic carbocycles. The molecule has 2 unspecified atom stereocenters. The van der Waals surface area contributed by atoms with Gasteiger partial charge >= 0.3 is 0 Å². The van der Waals surface area contributed by atoms with Crippen LogP contribution in [0.5, 0.6) is 11.5 Å². The molecule has 5 rings (SSSR count). The van der Waals surface area contributed by atoms with Crippen molar-refractivity contribution in [1.82, 2.24) is 19.6 Å². The second kappa shape index (κ2) is 10.9. The third kappa shape index (κ3) is 5.49. The summed E-state index contributed by atoms with van der Waals surface area (Å²) in [6, 6.07) is 8.18. The molecule has 7 nitrogen and oxygen atoms in total. The van der Waals surface area contributed by atoms with Crippen molar-refractivity contribution >= 4 is 11.6 Å². The number of pyridine rings is 1. The molecule has 1 saturated carbocycles. The number of likely N-dealkylation sites (tertiary alicyclic amines) is 1. The van der Waals surface area contributed by atoms with Crippen LogP contribution >= 0.6 is 0 Å². The van der Waals surface area contributed by atoms with Crippen molar-refractivity contribution in [2.24, 2.45) is 0 Å². The van der Waals surface area contributed by atoms with Crippen molar-refractivity contribution < 1.29 is 18.7 Å². The van der Waals surface area contributed by atoms with E-state index in [9.17, 15) is 9.18 Å². The fourth-order valence-electron chi connectivity index (χ4n) is 5.00. The fourth-order valence-corrected chi connectivity index (χ4v) is 5.00. The Morgan fingerprint density at radius 2 is 2.00 bits per heavy atom. The molecule has 0 radical (unpaired) electrons. The molecule has 1 saturated heterocycles. The molecule has 1 aliphatic heterocycles. The predicted molar refractivity (Wildman–Crippen MR) is 142 cm³/mol. The molecule has 0 bridgehead atoms. The van der Waals surface area contributed by atoms with Crippen molar-refractivity contribution in [3.8, 4) is 22.8 Å². The third-order valence-corrected chi connectivity index (χ3v) is 7.29. The van der Waals surface area contributed by atoms with Crippen LogP contribution in [0.2, 0.25) is 0 Å². The Balaban J connectivity index is 1.51. The number of hydrogen-bond donors (Lipinski definition) is 1. The maximum Gasteiger partial charge on any atom is 0.259 e. The number of methoxy groups -OCH3 is 1. The van der Waals surface area contributed by atoms with Crippen LogP contribution in [0.25, 0.3) is 16.9 Å². The van der Waals surface area contributed by atoms with E-state index in [0.29, 0.717) is 17.4 Å². The van der Waals surface area contributed by atoms with Crippen molar-refractivity contribution in [3.63, 3.8) is 0 Å². The Hall–Kier alpha value is -3.39. The molecule has 2 atom stereocenters. The lowest BCUT2D eigenvalue weighted by Crippen LogP contribution is -2.32. The van der Waals surface area contributed by atoms with E-state index in [4.69, 9.17) is 9.47 Å². The highest BCUT2D eigenvalue weighted by molar-refractivity contribution is 6.01. The number of fused-ring (bicyclic) bond motifs is 1. The van der Waals surface area contributed by atoms with E-state index in [-0.39, 0.29) is 29.7 Å². The summed E-state index contributed by atoms with van der Waals surface area (Å²) >= 11 is 0. The Bertz CT molecular complexity index is 1280. The van der Waals surface area contributed by atoms with Gasteiger partial charge in [-0.25, -0.2) is 9.37 Å². The van der Waals surface area contributed by atoms with E-state index in [1.54, 1.807) is 18.3 Å². The number of imidazole rings is 1. The number of alkyl halides is 1. The molecule has 2 fully saturated rings. The third-order valence-electron chi connectivity index (χ3n) is 7.29. The summed E-state index contributed by atoms with van der Waals surface area (Å²) < 4.78 is 27.8. The van der Waals surface area contributed by atoms with Gasteiger partial charge in [0.1, 0.15) is 22.7 Å². The normalized spacial score (nSPS) is 17.8. The minimum Gasteiger partial charge on any atom is -0.496 e. The monoisotopic (exact) mass is 506 g/mol. The van der Waals surface area contributed by atoms with Crippen molar-refractivity contribution in [2.75, 3.05) is 20.2 Å². The zero-order valence-electron chi connectivity index (χ0n) is 21.6. The van der Waals surface area contributed by atoms with E-state index in [2.05, 4.69) is 40.8 Å². The second-order valence-corrected chi connectivity index (χ2v) is 9.96. The highest BCUT2D eigenvalue weighted by Gasteiger charge is 2.29. The van der Waals surface area contributed by atoms with Crippen LogP contribution in [0.4, 0.5) is 4.39 Å². The second-order valence-electron chi connectivity index (χ2n) is 9.96. The minimum atomic E-state index is -1.63. The van der Waals surface area contributed by atoms with Gasteiger partial charge < -0.3 is 14.8 Å². The Kier molecular flexibility index (Phi) is 7.46. The van der Waals surface area contributed by atoms with Crippen molar-refractivity contribution in [3.05, 3.63) is 60.4 Å². The van der Waals surface area contributed by atoms with Gasteiger partial charge in [0.15, 0.2) is 0 Å². The van der Waals surface area contributed by atoms with Crippen LogP contribution < -0.4 is 14.8 Å². The molecular weight excluding hydrogens is 471 g/mol. The lowest BCUT2D eigenvalue weighted by Gasteiger charge is -2.32. The quantitative estimate of drug-likeness (QED) is 0.357. The number of rotatable bonds is 10. The fraction of sp³-hybridized carbons (Fsp3) is 0.448. The van der Waals surface area contributed by atoms with Gasteiger partial charge in [-0.05, 0) is 75.5 Å². The molecule has 1 aromatic carbocycles. The molecule has 2 aromatic heterocycles. The Morgan fingerprint density at radius 1 is 1.24 bits per heavy atom. The van der Waals surface area contributed by atoms with E-state index in [0.717, 1.165) is 37.3 Å². The molecule has 196 valence electrons. The molecule has 1 amide bonds. The number of aromatic nitrogens is 2. The zero-order valence-corrected chi connectivity index (χ0v) is 21.6. The SMILES string of the molecule is C=CCC(F)Oc1cc(-c2cnc3cc(C(C)N4CCCCC4)ccn23)cc(OC)c1C(=O)NC1CC1. The summed E-state index contributed by atoms with van der Waals surface area (Å²) in [4.78, 5) is 20.2. The summed E-state index contributed by atoms with van der Waals surface area (Å²) in [7, 11) is 1.50. The number of benzene rings is 1. The first-order valence-corrected chi connectivity index (χ1v) is 13.1. The van der Waals surface area contributed by atoms with Gasteiger partial charge in [-0.2, -0.15) is 0 Å². The topological polar surface area (TPSA) is 68.1 Å². The molecular formula is C29H35FN4O3. The summed E-state index contributed by atoms with van der Waals surface area (Å²) in [5, 5.41) is 2.96. The average Bonchev–Trinajstić information content (AvgIpc) is 3.62. The van der Waals surface area contributed by atoms with Gasteiger partial charge in [0, 0.05) is 30.3 Å². The Labute approximate surface area is 217 Å². The Morgan fingerprint density at radius 3 is 2.70 bits per heavy atom. The largest absolute Gasteiger partial charge is 0.496 e. The van der Waals surface area contributed by atoms with Gasteiger partial charge in [0.2, 0.25) is 6.36 Å². The maximum atomic E-state index is 14.6. The van der Waals surface area contributed by atoms with Gasteiger partial charge in [-0.15, -0.1) is 6.58 Å². The van der Waals surface area contributed by atoms with E-state index >= 15 is 0 Å². The number of piperidine rings is 1. The van der Waals surface area contributed by atoms with Gasteiger partial charge in [0.25, 0.3) is 5.91 Å². The summed E-state index contributed by atoms with van der Waals surface area (Å²) in [6.45, 7) is 8.08. The van der Waals surface area contributed by atoms with Crippen molar-refractivity contribution in [2.45, 2.75) is 63.9 Å².